The van der Waals surface area contributed by atoms with Crippen molar-refractivity contribution in [2.24, 2.45) is 0 Å². The van der Waals surface area contributed by atoms with E-state index in [-0.39, 0.29) is 22.5 Å². The molecule has 1 aliphatic heterocycles. The van der Waals surface area contributed by atoms with Crippen molar-refractivity contribution in [1.29, 1.82) is 0 Å². The van der Waals surface area contributed by atoms with Crippen LogP contribution in [0.3, 0.4) is 0 Å². The minimum Gasteiger partial charge on any atom is -0.435 e. The van der Waals surface area contributed by atoms with Gasteiger partial charge in [0.2, 0.25) is 5.88 Å². The largest absolute Gasteiger partial charge is 0.435 e. The number of pyridine rings is 1. The van der Waals surface area contributed by atoms with Crippen LogP contribution >= 0.6 is 0 Å². The summed E-state index contributed by atoms with van der Waals surface area (Å²) in [5.74, 6) is -0.327. The number of aromatic amines is 1. The van der Waals surface area contributed by atoms with Crippen LogP contribution < -0.4 is 20.3 Å². The fraction of sp³-hybridized carbons (Fsp3) is 0.261. The number of aromatic nitrogens is 4. The molecule has 3 aromatic heterocycles. The van der Waals surface area contributed by atoms with Gasteiger partial charge < -0.3 is 25.3 Å². The van der Waals surface area contributed by atoms with Crippen molar-refractivity contribution in [3.05, 3.63) is 59.7 Å². The zero-order valence-corrected chi connectivity index (χ0v) is 18.2. The number of anilines is 3. The molecule has 0 spiro atoms. The molecule has 1 saturated heterocycles. The summed E-state index contributed by atoms with van der Waals surface area (Å²) in [5.41, 5.74) is 2.35. The molecule has 10 heteroatoms. The summed E-state index contributed by atoms with van der Waals surface area (Å²) < 4.78 is 35.0. The second kappa shape index (κ2) is 8.62. The Morgan fingerprint density at radius 3 is 2.64 bits per heavy atom. The van der Waals surface area contributed by atoms with Gasteiger partial charge in [0, 0.05) is 43.3 Å². The molecule has 1 fully saturated rings. The van der Waals surface area contributed by atoms with E-state index in [1.165, 1.54) is 12.4 Å². The van der Waals surface area contributed by atoms with Crippen LogP contribution in [0.25, 0.3) is 10.9 Å². The summed E-state index contributed by atoms with van der Waals surface area (Å²) in [7, 11) is 0. The van der Waals surface area contributed by atoms with Gasteiger partial charge in [-0.2, -0.15) is 0 Å². The van der Waals surface area contributed by atoms with E-state index in [9.17, 15) is 8.78 Å². The normalized spacial score (nSPS) is 14.0. The van der Waals surface area contributed by atoms with Crippen molar-refractivity contribution in [1.82, 2.24) is 25.3 Å². The van der Waals surface area contributed by atoms with Crippen molar-refractivity contribution in [2.75, 3.05) is 36.4 Å². The highest BCUT2D eigenvalue weighted by Crippen LogP contribution is 2.34. The quantitative estimate of drug-likeness (QED) is 0.419. The van der Waals surface area contributed by atoms with E-state index in [2.05, 4.69) is 35.5 Å². The molecule has 4 heterocycles. The van der Waals surface area contributed by atoms with Gasteiger partial charge in [-0.15, -0.1) is 0 Å². The van der Waals surface area contributed by atoms with E-state index in [1.54, 1.807) is 13.8 Å². The van der Waals surface area contributed by atoms with Gasteiger partial charge in [0.05, 0.1) is 23.0 Å². The fourth-order valence-electron chi connectivity index (χ4n) is 3.87. The van der Waals surface area contributed by atoms with E-state index >= 15 is 0 Å². The average Bonchev–Trinajstić information content (AvgIpc) is 3.23. The summed E-state index contributed by atoms with van der Waals surface area (Å²) in [6.45, 7) is 7.24. The first-order chi connectivity index (χ1) is 16.0. The number of hydrogen-bond donors (Lipinski definition) is 3. The standard InChI is InChI=1S/C23H23F2N7O/c1-13-9-16-20(25)18(10-17(24)21(16)30-13)33-23-14(2)22(28-12-29-23)31-19-4-3-15(11-27-19)32-7-5-26-6-8-32/h3-4,9-12,26,30H,5-8H2,1-2H3,(H,27,28,29,31). The van der Waals surface area contributed by atoms with Gasteiger partial charge in [-0.1, -0.05) is 0 Å². The fourth-order valence-corrected chi connectivity index (χ4v) is 3.87. The molecule has 170 valence electrons. The minimum absolute atomic E-state index is 0.106. The average molecular weight is 451 g/mol. The molecule has 33 heavy (non-hydrogen) atoms. The molecular formula is C23H23F2N7O. The number of ether oxygens (including phenoxy) is 1. The van der Waals surface area contributed by atoms with Crippen molar-refractivity contribution in [3.63, 3.8) is 0 Å². The highest BCUT2D eigenvalue weighted by atomic mass is 19.1. The Bertz CT molecular complexity index is 1300. The van der Waals surface area contributed by atoms with Crippen LogP contribution in [0.5, 0.6) is 11.6 Å². The summed E-state index contributed by atoms with van der Waals surface area (Å²) in [4.78, 5) is 17.9. The molecule has 1 aromatic carbocycles. The number of aryl methyl sites for hydroxylation is 1. The first-order valence-electron chi connectivity index (χ1n) is 10.6. The van der Waals surface area contributed by atoms with Crippen LogP contribution in [0.15, 0.2) is 36.8 Å². The smallest absolute Gasteiger partial charge is 0.227 e. The van der Waals surface area contributed by atoms with E-state index in [0.717, 1.165) is 37.9 Å². The number of hydrogen-bond acceptors (Lipinski definition) is 7. The van der Waals surface area contributed by atoms with Crippen LogP contribution in [0.1, 0.15) is 11.3 Å². The lowest BCUT2D eigenvalue weighted by Crippen LogP contribution is -2.43. The number of piperazine rings is 1. The molecule has 8 nitrogen and oxygen atoms in total. The number of nitrogens with one attached hydrogen (secondary N) is 3. The van der Waals surface area contributed by atoms with E-state index in [4.69, 9.17) is 4.74 Å². The van der Waals surface area contributed by atoms with Gasteiger partial charge >= 0.3 is 0 Å². The summed E-state index contributed by atoms with van der Waals surface area (Å²) in [6, 6.07) is 6.42. The monoisotopic (exact) mass is 451 g/mol. The number of fused-ring (bicyclic) bond motifs is 1. The van der Waals surface area contributed by atoms with Crippen molar-refractivity contribution in [3.8, 4) is 11.6 Å². The van der Waals surface area contributed by atoms with Gasteiger partial charge in [0.1, 0.15) is 18.0 Å². The number of benzene rings is 1. The van der Waals surface area contributed by atoms with Crippen LogP contribution in [0, 0.1) is 25.5 Å². The molecular weight excluding hydrogens is 428 g/mol. The second-order valence-corrected chi connectivity index (χ2v) is 7.93. The number of H-pyrrole nitrogens is 1. The van der Waals surface area contributed by atoms with Gasteiger partial charge in [-0.25, -0.2) is 23.7 Å². The first kappa shape index (κ1) is 21.1. The van der Waals surface area contributed by atoms with Crippen LogP contribution in [-0.2, 0) is 0 Å². The third kappa shape index (κ3) is 4.17. The molecule has 3 N–H and O–H groups in total. The summed E-state index contributed by atoms with van der Waals surface area (Å²) >= 11 is 0. The predicted octanol–water partition coefficient (Wildman–Crippen LogP) is 4.19. The number of halogens is 2. The molecule has 0 amide bonds. The Morgan fingerprint density at radius 1 is 1.06 bits per heavy atom. The number of nitrogens with zero attached hydrogens (tertiary/aromatic N) is 4. The van der Waals surface area contributed by atoms with Gasteiger partial charge in [-0.05, 0) is 32.0 Å². The molecule has 4 aromatic rings. The minimum atomic E-state index is -0.659. The zero-order chi connectivity index (χ0) is 22.9. The van der Waals surface area contributed by atoms with Crippen LogP contribution in [0.2, 0.25) is 0 Å². The molecule has 0 saturated carbocycles. The molecule has 0 atom stereocenters. The van der Waals surface area contributed by atoms with E-state index < -0.39 is 11.6 Å². The van der Waals surface area contributed by atoms with Gasteiger partial charge in [0.25, 0.3) is 0 Å². The lowest BCUT2D eigenvalue weighted by Gasteiger charge is -2.29. The molecule has 0 unspecified atom stereocenters. The van der Waals surface area contributed by atoms with E-state index in [0.29, 0.717) is 22.9 Å². The van der Waals surface area contributed by atoms with Crippen molar-refractivity contribution < 1.29 is 13.5 Å². The Hall–Kier alpha value is -3.79. The molecule has 1 aliphatic rings. The molecule has 0 bridgehead atoms. The maximum Gasteiger partial charge on any atom is 0.227 e. The Morgan fingerprint density at radius 2 is 1.88 bits per heavy atom. The maximum absolute atomic E-state index is 14.9. The molecule has 0 radical (unpaired) electrons. The predicted molar refractivity (Wildman–Crippen MR) is 122 cm³/mol. The summed E-state index contributed by atoms with van der Waals surface area (Å²) in [6.07, 6.45) is 3.11. The second-order valence-electron chi connectivity index (χ2n) is 7.93. The topological polar surface area (TPSA) is 91.0 Å². The van der Waals surface area contributed by atoms with Gasteiger partial charge in [-0.3, -0.25) is 0 Å². The lowest BCUT2D eigenvalue weighted by molar-refractivity contribution is 0.423. The Labute approximate surface area is 189 Å². The van der Waals surface area contributed by atoms with E-state index in [1.807, 2.05) is 18.3 Å². The molecule has 0 aliphatic carbocycles. The summed E-state index contributed by atoms with van der Waals surface area (Å²) in [5, 5.41) is 6.60. The Kier molecular flexibility index (Phi) is 5.51. The highest BCUT2D eigenvalue weighted by molar-refractivity contribution is 5.83. The van der Waals surface area contributed by atoms with Crippen molar-refractivity contribution in [2.45, 2.75) is 13.8 Å². The van der Waals surface area contributed by atoms with Crippen molar-refractivity contribution >= 4 is 28.2 Å². The maximum atomic E-state index is 14.9. The first-order valence-corrected chi connectivity index (χ1v) is 10.6. The van der Waals surface area contributed by atoms with Crippen LogP contribution in [0.4, 0.5) is 26.1 Å². The van der Waals surface area contributed by atoms with Crippen LogP contribution in [-0.4, -0.2) is 46.1 Å². The number of rotatable bonds is 5. The SMILES string of the molecule is Cc1cc2c(F)c(Oc3ncnc(Nc4ccc(N5CCNCC5)cn4)c3C)cc(F)c2[nH]1. The Balaban J connectivity index is 1.37. The third-order valence-corrected chi connectivity index (χ3v) is 5.62. The van der Waals surface area contributed by atoms with Gasteiger partial charge in [0.15, 0.2) is 17.4 Å². The zero-order valence-electron chi connectivity index (χ0n) is 18.2. The lowest BCUT2D eigenvalue weighted by atomic mass is 10.2. The third-order valence-electron chi connectivity index (χ3n) is 5.62. The molecule has 5 rings (SSSR count). The highest BCUT2D eigenvalue weighted by Gasteiger charge is 2.18.